The van der Waals surface area contributed by atoms with Crippen molar-refractivity contribution in [1.29, 1.82) is 0 Å². The van der Waals surface area contributed by atoms with Crippen LogP contribution in [0.25, 0.3) is 0 Å². The van der Waals surface area contributed by atoms with E-state index in [-0.39, 0.29) is 13.1 Å². The molecule has 2 aromatic rings. The number of cyclic esters (lactones) is 1. The van der Waals surface area contributed by atoms with E-state index in [4.69, 9.17) is 4.74 Å². The number of para-hydroxylation sites is 1. The lowest BCUT2D eigenvalue weighted by molar-refractivity contribution is -0.131. The van der Waals surface area contributed by atoms with Gasteiger partial charge in [-0.1, -0.05) is 24.3 Å². The molecule has 0 radical (unpaired) electrons. The summed E-state index contributed by atoms with van der Waals surface area (Å²) < 4.78 is 5.36. The lowest BCUT2D eigenvalue weighted by atomic mass is 9.93. The van der Waals surface area contributed by atoms with Crippen LogP contribution in [-0.4, -0.2) is 47.1 Å². The van der Waals surface area contributed by atoms with Crippen LogP contribution in [0.5, 0.6) is 0 Å². The van der Waals surface area contributed by atoms with E-state index in [1.165, 1.54) is 4.90 Å². The summed E-state index contributed by atoms with van der Waals surface area (Å²) in [7, 11) is 0. The Bertz CT molecular complexity index is 889. The number of carbonyl (C=O) groups is 3. The summed E-state index contributed by atoms with van der Waals surface area (Å²) in [6, 6.07) is 12.0. The third-order valence-electron chi connectivity index (χ3n) is 4.84. The van der Waals surface area contributed by atoms with Crippen molar-refractivity contribution in [1.82, 2.24) is 15.2 Å². The minimum absolute atomic E-state index is 0.00437. The van der Waals surface area contributed by atoms with Crippen LogP contribution in [-0.2, 0) is 15.1 Å². The standard InChI is InChI=1S/C19H18N4O4/c1-19(13-6-5-9-20-10-13)16(24)23(17(25)21-19)12-15-11-22(18(26)27-15)14-7-3-2-4-8-14/h2-10,15H,11-12H2,1H3,(H,21,25)/t15-,19+/m1/s1. The first-order valence-electron chi connectivity index (χ1n) is 8.57. The van der Waals surface area contributed by atoms with Crippen molar-refractivity contribution in [2.45, 2.75) is 18.6 Å². The first-order valence-corrected chi connectivity index (χ1v) is 8.57. The number of rotatable bonds is 4. The number of pyridine rings is 1. The van der Waals surface area contributed by atoms with Crippen LogP contribution in [0.4, 0.5) is 15.3 Å². The van der Waals surface area contributed by atoms with E-state index >= 15 is 0 Å². The van der Waals surface area contributed by atoms with Gasteiger partial charge in [0.05, 0.1) is 13.1 Å². The molecular weight excluding hydrogens is 348 g/mol. The molecule has 2 saturated heterocycles. The zero-order valence-electron chi connectivity index (χ0n) is 14.7. The smallest absolute Gasteiger partial charge is 0.414 e. The largest absolute Gasteiger partial charge is 0.442 e. The molecule has 2 aliphatic rings. The van der Waals surface area contributed by atoms with Crippen LogP contribution >= 0.6 is 0 Å². The summed E-state index contributed by atoms with van der Waals surface area (Å²) in [6.45, 7) is 1.90. The summed E-state index contributed by atoms with van der Waals surface area (Å²) in [6.07, 6.45) is 2.06. The van der Waals surface area contributed by atoms with Gasteiger partial charge in [0.1, 0.15) is 11.6 Å². The van der Waals surface area contributed by atoms with Gasteiger partial charge in [0.25, 0.3) is 5.91 Å². The molecule has 0 aliphatic carbocycles. The number of imide groups is 1. The van der Waals surface area contributed by atoms with Crippen LogP contribution in [0.3, 0.4) is 0 Å². The molecule has 8 heteroatoms. The van der Waals surface area contributed by atoms with Crippen molar-refractivity contribution in [2.24, 2.45) is 0 Å². The number of benzene rings is 1. The van der Waals surface area contributed by atoms with E-state index in [0.717, 1.165) is 4.90 Å². The number of ether oxygens (including phenoxy) is 1. The Kier molecular flexibility index (Phi) is 4.02. The fourth-order valence-corrected chi connectivity index (χ4v) is 3.36. The van der Waals surface area contributed by atoms with Crippen LogP contribution < -0.4 is 10.2 Å². The molecule has 27 heavy (non-hydrogen) atoms. The second kappa shape index (κ2) is 6.39. The van der Waals surface area contributed by atoms with Gasteiger partial charge in [0.2, 0.25) is 0 Å². The summed E-state index contributed by atoms with van der Waals surface area (Å²) >= 11 is 0. The van der Waals surface area contributed by atoms with Crippen LogP contribution in [0, 0.1) is 0 Å². The molecule has 138 valence electrons. The average Bonchev–Trinajstić information content (AvgIpc) is 3.16. The van der Waals surface area contributed by atoms with Crippen LogP contribution in [0.2, 0.25) is 0 Å². The molecule has 0 saturated carbocycles. The van der Waals surface area contributed by atoms with Gasteiger partial charge in [-0.15, -0.1) is 0 Å². The molecule has 2 aliphatic heterocycles. The van der Waals surface area contributed by atoms with Crippen molar-refractivity contribution >= 4 is 23.7 Å². The molecule has 1 N–H and O–H groups in total. The number of amides is 4. The summed E-state index contributed by atoms with van der Waals surface area (Å²) in [5.41, 5.74) is 0.121. The van der Waals surface area contributed by atoms with E-state index in [2.05, 4.69) is 10.3 Å². The molecule has 2 fully saturated rings. The topological polar surface area (TPSA) is 91.8 Å². The lowest BCUT2D eigenvalue weighted by Gasteiger charge is -2.22. The minimum Gasteiger partial charge on any atom is -0.442 e. The van der Waals surface area contributed by atoms with Gasteiger partial charge in [-0.3, -0.25) is 19.6 Å². The molecule has 4 rings (SSSR count). The number of aromatic nitrogens is 1. The van der Waals surface area contributed by atoms with Gasteiger partial charge in [-0.05, 0) is 25.1 Å². The van der Waals surface area contributed by atoms with Crippen molar-refractivity contribution in [3.8, 4) is 0 Å². The van der Waals surface area contributed by atoms with E-state index in [0.29, 0.717) is 11.3 Å². The summed E-state index contributed by atoms with van der Waals surface area (Å²) in [5, 5.41) is 2.72. The Morgan fingerprint density at radius 2 is 1.96 bits per heavy atom. The molecule has 1 aromatic carbocycles. The third-order valence-corrected chi connectivity index (χ3v) is 4.84. The van der Waals surface area contributed by atoms with Gasteiger partial charge in [-0.25, -0.2) is 9.59 Å². The predicted molar refractivity (Wildman–Crippen MR) is 95.9 cm³/mol. The zero-order valence-corrected chi connectivity index (χ0v) is 14.7. The van der Waals surface area contributed by atoms with Crippen molar-refractivity contribution in [3.05, 3.63) is 60.4 Å². The summed E-state index contributed by atoms with van der Waals surface area (Å²) in [4.78, 5) is 44.1. The van der Waals surface area contributed by atoms with Crippen molar-refractivity contribution < 1.29 is 19.1 Å². The number of nitrogens with zero attached hydrogens (tertiary/aromatic N) is 3. The second-order valence-electron chi connectivity index (χ2n) is 6.66. The number of anilines is 1. The van der Waals surface area contributed by atoms with Gasteiger partial charge in [0.15, 0.2) is 0 Å². The monoisotopic (exact) mass is 366 g/mol. The van der Waals surface area contributed by atoms with Gasteiger partial charge >= 0.3 is 12.1 Å². The molecule has 1 aromatic heterocycles. The highest BCUT2D eigenvalue weighted by atomic mass is 16.6. The van der Waals surface area contributed by atoms with E-state index in [9.17, 15) is 14.4 Å². The maximum Gasteiger partial charge on any atom is 0.414 e. The first kappa shape index (κ1) is 17.0. The predicted octanol–water partition coefficient (Wildman–Crippen LogP) is 1.87. The first-order chi connectivity index (χ1) is 13.0. The van der Waals surface area contributed by atoms with Gasteiger partial charge in [-0.2, -0.15) is 0 Å². The van der Waals surface area contributed by atoms with Gasteiger partial charge < -0.3 is 10.1 Å². The molecular formula is C19H18N4O4. The van der Waals surface area contributed by atoms with Crippen LogP contribution in [0.15, 0.2) is 54.9 Å². The minimum atomic E-state index is -1.19. The SMILES string of the molecule is C[C@@]1(c2cccnc2)NC(=O)N(C[C@H]2CN(c3ccccc3)C(=O)O2)C1=O. The Morgan fingerprint density at radius 3 is 2.67 bits per heavy atom. The number of nitrogens with one attached hydrogen (secondary N) is 1. The number of hydrogen-bond acceptors (Lipinski definition) is 5. The lowest BCUT2D eigenvalue weighted by Crippen LogP contribution is -2.42. The van der Waals surface area contributed by atoms with E-state index in [1.807, 2.05) is 18.2 Å². The van der Waals surface area contributed by atoms with Gasteiger partial charge in [0, 0.05) is 23.6 Å². The molecule has 2 atom stereocenters. The van der Waals surface area contributed by atoms with Crippen LogP contribution in [0.1, 0.15) is 12.5 Å². The van der Waals surface area contributed by atoms with E-state index < -0.39 is 29.7 Å². The Labute approximate surface area is 155 Å². The fourth-order valence-electron chi connectivity index (χ4n) is 3.36. The third kappa shape index (κ3) is 2.88. The fraction of sp³-hybridized carbons (Fsp3) is 0.263. The van der Waals surface area contributed by atoms with E-state index in [1.54, 1.807) is 43.6 Å². The molecule has 4 amide bonds. The highest BCUT2D eigenvalue weighted by molar-refractivity contribution is 6.07. The highest BCUT2D eigenvalue weighted by Crippen LogP contribution is 2.29. The van der Waals surface area contributed by atoms with Crippen molar-refractivity contribution in [2.75, 3.05) is 18.0 Å². The average molecular weight is 366 g/mol. The zero-order chi connectivity index (χ0) is 19.0. The maximum atomic E-state index is 12.9. The second-order valence-corrected chi connectivity index (χ2v) is 6.66. The number of carbonyl (C=O) groups excluding carboxylic acids is 3. The molecule has 0 bridgehead atoms. The Balaban J connectivity index is 1.50. The Morgan fingerprint density at radius 1 is 1.19 bits per heavy atom. The molecule has 3 heterocycles. The molecule has 0 unspecified atom stereocenters. The van der Waals surface area contributed by atoms with Crippen molar-refractivity contribution in [3.63, 3.8) is 0 Å². The summed E-state index contributed by atoms with van der Waals surface area (Å²) in [5.74, 6) is -0.394. The maximum absolute atomic E-state index is 12.9. The number of hydrogen-bond donors (Lipinski definition) is 1. The normalized spacial score (nSPS) is 24.9. The molecule has 0 spiro atoms. The Hall–Kier alpha value is -3.42. The molecule has 8 nitrogen and oxygen atoms in total. The highest BCUT2D eigenvalue weighted by Gasteiger charge is 2.50. The number of urea groups is 1. The quantitative estimate of drug-likeness (QED) is 0.834.